The summed E-state index contributed by atoms with van der Waals surface area (Å²) in [4.78, 5) is 0. The zero-order chi connectivity index (χ0) is 12.0. The molecule has 2 nitrogen and oxygen atoms in total. The Morgan fingerprint density at radius 3 is 2.44 bits per heavy atom. The molecule has 0 aliphatic heterocycles. The quantitative estimate of drug-likeness (QED) is 0.754. The number of rotatable bonds is 6. The van der Waals surface area contributed by atoms with Gasteiger partial charge in [0.05, 0.1) is 6.10 Å². The fourth-order valence-electron chi connectivity index (χ4n) is 2.70. The smallest absolute Gasteiger partial charge is 0.0518 e. The van der Waals surface area contributed by atoms with Gasteiger partial charge in [-0.3, -0.25) is 0 Å². The SMILES string of the molecule is CCCC1CCC(N)(CCOC(C)C)CC1. The number of nitrogens with two attached hydrogens (primary N) is 1. The van der Waals surface area contributed by atoms with E-state index in [1.165, 1.54) is 38.5 Å². The molecule has 0 aromatic heterocycles. The van der Waals surface area contributed by atoms with Crippen LogP contribution in [0, 0.1) is 5.92 Å². The number of hydrogen-bond acceptors (Lipinski definition) is 2. The Morgan fingerprint density at radius 2 is 1.94 bits per heavy atom. The van der Waals surface area contributed by atoms with Crippen LogP contribution in [0.25, 0.3) is 0 Å². The van der Waals surface area contributed by atoms with E-state index < -0.39 is 0 Å². The van der Waals surface area contributed by atoms with Gasteiger partial charge in [0.25, 0.3) is 0 Å². The molecule has 2 N–H and O–H groups in total. The Kier molecular flexibility index (Phi) is 5.77. The molecule has 0 heterocycles. The van der Waals surface area contributed by atoms with E-state index in [4.69, 9.17) is 10.5 Å². The molecule has 0 bridgehead atoms. The molecule has 0 aromatic rings. The van der Waals surface area contributed by atoms with Crippen molar-refractivity contribution in [1.82, 2.24) is 0 Å². The van der Waals surface area contributed by atoms with E-state index in [9.17, 15) is 0 Å². The summed E-state index contributed by atoms with van der Waals surface area (Å²) in [5, 5.41) is 0. The minimum absolute atomic E-state index is 0.0686. The van der Waals surface area contributed by atoms with Gasteiger partial charge in [-0.15, -0.1) is 0 Å². The van der Waals surface area contributed by atoms with Gasteiger partial charge in [0.15, 0.2) is 0 Å². The van der Waals surface area contributed by atoms with Gasteiger partial charge in [-0.1, -0.05) is 19.8 Å². The molecular formula is C14H29NO. The molecule has 1 aliphatic rings. The first-order valence-electron chi connectivity index (χ1n) is 6.96. The summed E-state index contributed by atoms with van der Waals surface area (Å²) >= 11 is 0. The van der Waals surface area contributed by atoms with Crippen LogP contribution in [0.4, 0.5) is 0 Å². The summed E-state index contributed by atoms with van der Waals surface area (Å²) < 4.78 is 5.60. The summed E-state index contributed by atoms with van der Waals surface area (Å²) in [7, 11) is 0. The molecule has 1 rings (SSSR count). The van der Waals surface area contributed by atoms with Crippen LogP contribution in [0.1, 0.15) is 65.7 Å². The maximum absolute atomic E-state index is 6.42. The molecule has 1 fully saturated rings. The fourth-order valence-corrected chi connectivity index (χ4v) is 2.70. The van der Waals surface area contributed by atoms with E-state index in [1.807, 2.05) is 0 Å². The Bertz CT molecular complexity index is 183. The van der Waals surface area contributed by atoms with E-state index in [-0.39, 0.29) is 5.54 Å². The highest BCUT2D eigenvalue weighted by Crippen LogP contribution is 2.34. The largest absolute Gasteiger partial charge is 0.379 e. The molecule has 0 atom stereocenters. The third kappa shape index (κ3) is 4.84. The van der Waals surface area contributed by atoms with E-state index in [2.05, 4.69) is 20.8 Å². The molecule has 0 saturated heterocycles. The van der Waals surface area contributed by atoms with E-state index >= 15 is 0 Å². The van der Waals surface area contributed by atoms with Gasteiger partial charge in [0.2, 0.25) is 0 Å². The molecule has 0 aromatic carbocycles. The lowest BCUT2D eigenvalue weighted by molar-refractivity contribution is 0.0563. The minimum atomic E-state index is 0.0686. The Hall–Kier alpha value is -0.0800. The monoisotopic (exact) mass is 227 g/mol. The summed E-state index contributed by atoms with van der Waals surface area (Å²) in [5.74, 6) is 0.938. The van der Waals surface area contributed by atoms with Crippen molar-refractivity contribution in [2.45, 2.75) is 77.4 Å². The Labute approximate surface area is 101 Å². The highest BCUT2D eigenvalue weighted by Gasteiger charge is 2.30. The van der Waals surface area contributed by atoms with Crippen LogP contribution in [0.3, 0.4) is 0 Å². The van der Waals surface area contributed by atoms with Gasteiger partial charge in [-0.25, -0.2) is 0 Å². The van der Waals surface area contributed by atoms with Crippen molar-refractivity contribution < 1.29 is 4.74 Å². The van der Waals surface area contributed by atoms with Crippen LogP contribution in [-0.2, 0) is 4.74 Å². The van der Waals surface area contributed by atoms with Gasteiger partial charge in [-0.2, -0.15) is 0 Å². The second-order valence-corrected chi connectivity index (χ2v) is 5.76. The Morgan fingerprint density at radius 1 is 1.31 bits per heavy atom. The van der Waals surface area contributed by atoms with Crippen LogP contribution in [0.2, 0.25) is 0 Å². The molecule has 0 radical (unpaired) electrons. The molecule has 1 aliphatic carbocycles. The summed E-state index contributed by atoms with van der Waals surface area (Å²) in [6.07, 6.45) is 9.11. The van der Waals surface area contributed by atoms with Gasteiger partial charge >= 0.3 is 0 Å². The highest BCUT2D eigenvalue weighted by atomic mass is 16.5. The second-order valence-electron chi connectivity index (χ2n) is 5.76. The van der Waals surface area contributed by atoms with Gasteiger partial charge in [-0.05, 0) is 51.9 Å². The van der Waals surface area contributed by atoms with Crippen molar-refractivity contribution in [2.75, 3.05) is 6.61 Å². The predicted molar refractivity (Wildman–Crippen MR) is 69.5 cm³/mol. The van der Waals surface area contributed by atoms with Crippen LogP contribution in [0.5, 0.6) is 0 Å². The van der Waals surface area contributed by atoms with Gasteiger partial charge in [0.1, 0.15) is 0 Å². The summed E-state index contributed by atoms with van der Waals surface area (Å²) in [6, 6.07) is 0. The third-order valence-electron chi connectivity index (χ3n) is 3.85. The number of hydrogen-bond donors (Lipinski definition) is 1. The molecule has 0 amide bonds. The number of ether oxygens (including phenoxy) is 1. The lowest BCUT2D eigenvalue weighted by Gasteiger charge is -2.37. The van der Waals surface area contributed by atoms with Crippen LogP contribution >= 0.6 is 0 Å². The summed E-state index contributed by atoms with van der Waals surface area (Å²) in [5.41, 5.74) is 6.49. The molecule has 0 spiro atoms. The second kappa shape index (κ2) is 6.61. The van der Waals surface area contributed by atoms with Crippen LogP contribution < -0.4 is 5.73 Å². The van der Waals surface area contributed by atoms with Gasteiger partial charge in [0, 0.05) is 12.1 Å². The predicted octanol–water partition coefficient (Wildman–Crippen LogP) is 3.49. The first-order chi connectivity index (χ1) is 7.56. The molecule has 0 unspecified atom stereocenters. The van der Waals surface area contributed by atoms with Crippen LogP contribution in [-0.4, -0.2) is 18.2 Å². The van der Waals surface area contributed by atoms with E-state index in [0.717, 1.165) is 18.9 Å². The third-order valence-corrected chi connectivity index (χ3v) is 3.85. The maximum atomic E-state index is 6.42. The highest BCUT2D eigenvalue weighted by molar-refractivity contribution is 4.89. The van der Waals surface area contributed by atoms with Crippen molar-refractivity contribution in [3.8, 4) is 0 Å². The average molecular weight is 227 g/mol. The molecule has 1 saturated carbocycles. The Balaban J connectivity index is 2.21. The zero-order valence-corrected chi connectivity index (χ0v) is 11.3. The van der Waals surface area contributed by atoms with Crippen molar-refractivity contribution in [3.63, 3.8) is 0 Å². The van der Waals surface area contributed by atoms with E-state index in [0.29, 0.717) is 6.10 Å². The first-order valence-corrected chi connectivity index (χ1v) is 6.96. The summed E-state index contributed by atoms with van der Waals surface area (Å²) in [6.45, 7) is 7.27. The van der Waals surface area contributed by atoms with Crippen LogP contribution in [0.15, 0.2) is 0 Å². The van der Waals surface area contributed by atoms with Gasteiger partial charge < -0.3 is 10.5 Å². The van der Waals surface area contributed by atoms with Crippen molar-refractivity contribution in [3.05, 3.63) is 0 Å². The lowest BCUT2D eigenvalue weighted by Crippen LogP contribution is -2.44. The van der Waals surface area contributed by atoms with E-state index in [1.54, 1.807) is 0 Å². The molecule has 16 heavy (non-hydrogen) atoms. The topological polar surface area (TPSA) is 35.2 Å². The average Bonchev–Trinajstić information content (AvgIpc) is 2.21. The molecule has 2 heteroatoms. The van der Waals surface area contributed by atoms with Crippen molar-refractivity contribution in [1.29, 1.82) is 0 Å². The first kappa shape index (κ1) is 14.0. The van der Waals surface area contributed by atoms with Crippen molar-refractivity contribution >= 4 is 0 Å². The lowest BCUT2D eigenvalue weighted by atomic mass is 9.74. The molecule has 96 valence electrons. The standard InChI is InChI=1S/C14H29NO/c1-4-5-13-6-8-14(15,9-7-13)10-11-16-12(2)3/h12-13H,4-11,15H2,1-3H3. The zero-order valence-electron chi connectivity index (χ0n) is 11.3. The minimum Gasteiger partial charge on any atom is -0.379 e. The van der Waals surface area contributed by atoms with Crippen molar-refractivity contribution in [2.24, 2.45) is 11.7 Å². The normalized spacial score (nSPS) is 30.9. The maximum Gasteiger partial charge on any atom is 0.0518 e. The fraction of sp³-hybridized carbons (Fsp3) is 1.00. The molecular weight excluding hydrogens is 198 g/mol.